The number of hydrogen-bond donors (Lipinski definition) is 1. The lowest BCUT2D eigenvalue weighted by molar-refractivity contribution is -0.144. The summed E-state index contributed by atoms with van der Waals surface area (Å²) in [7, 11) is 1.63. The molecule has 4 nitrogen and oxygen atoms in total. The molecule has 0 aromatic rings. The number of thiocarbonyl (C=S) groups is 1. The quantitative estimate of drug-likeness (QED) is 0.673. The number of likely N-dealkylation sites (N-methyl/N-ethyl adjacent to an activating group) is 1. The van der Waals surface area contributed by atoms with Crippen molar-refractivity contribution in [1.29, 1.82) is 0 Å². The van der Waals surface area contributed by atoms with E-state index < -0.39 is 11.5 Å². The number of carboxylic acid groups (broad SMARTS) is 1. The molecule has 0 radical (unpaired) electrons. The molecule has 1 rings (SSSR count). The molecular formula is C8H12N2O2S. The van der Waals surface area contributed by atoms with Crippen molar-refractivity contribution < 1.29 is 9.90 Å². The molecule has 0 aliphatic carbocycles. The summed E-state index contributed by atoms with van der Waals surface area (Å²) in [6.45, 7) is 3.48. The molecule has 1 aliphatic rings. The molecule has 1 N–H and O–H groups in total. The highest BCUT2D eigenvalue weighted by Crippen LogP contribution is 2.25. The third-order valence-electron chi connectivity index (χ3n) is 2.37. The van der Waals surface area contributed by atoms with Crippen molar-refractivity contribution in [3.63, 3.8) is 0 Å². The Bertz CT molecular complexity index is 301. The summed E-state index contributed by atoms with van der Waals surface area (Å²) >= 11 is 5.07. The third kappa shape index (κ3) is 1.23. The molecule has 0 fully saturated rings. The highest BCUT2D eigenvalue weighted by atomic mass is 32.1. The van der Waals surface area contributed by atoms with Gasteiger partial charge in [-0.3, -0.25) is 5.01 Å². The van der Waals surface area contributed by atoms with Gasteiger partial charge in [0.1, 0.15) is 0 Å². The maximum Gasteiger partial charge on any atom is 0.336 e. The zero-order valence-electron chi connectivity index (χ0n) is 7.87. The summed E-state index contributed by atoms with van der Waals surface area (Å²) in [6, 6.07) is 0. The number of carboxylic acids is 1. The number of hydrogen-bond acceptors (Lipinski definition) is 4. The van der Waals surface area contributed by atoms with Crippen LogP contribution in [0, 0.1) is 0 Å². The second-order valence-corrected chi connectivity index (χ2v) is 3.54. The molecule has 0 spiro atoms. The second kappa shape index (κ2) is 3.06. The minimum Gasteiger partial charge on any atom is -0.479 e. The molecule has 0 bridgehead atoms. The Morgan fingerprint density at radius 2 is 2.31 bits per heavy atom. The average Bonchev–Trinajstić information content (AvgIpc) is 2.30. The smallest absolute Gasteiger partial charge is 0.336 e. The number of carbonyl (C=O) groups is 1. The molecule has 5 heteroatoms. The Morgan fingerprint density at radius 3 is 2.54 bits per heavy atom. The Labute approximate surface area is 82.2 Å². The van der Waals surface area contributed by atoms with Crippen LogP contribution in [-0.2, 0) is 4.79 Å². The fourth-order valence-corrected chi connectivity index (χ4v) is 1.63. The number of rotatable bonds is 2. The summed E-state index contributed by atoms with van der Waals surface area (Å²) in [5.74, 6) is -0.952. The standard InChI is InChI=1S/C8H12N2O2S/c1-4-5-6(13)8(2,7(11)12)10(3)9-5/h4H2,1-3H3,(H,11,12). The summed E-state index contributed by atoms with van der Waals surface area (Å²) < 4.78 is 0. The molecule has 1 unspecified atom stereocenters. The molecule has 1 heterocycles. The lowest BCUT2D eigenvalue weighted by atomic mass is 9.95. The molecule has 0 aromatic heterocycles. The van der Waals surface area contributed by atoms with Gasteiger partial charge < -0.3 is 5.11 Å². The number of nitrogens with zero attached hydrogens (tertiary/aromatic N) is 2. The number of aliphatic carboxylic acids is 1. The highest BCUT2D eigenvalue weighted by molar-refractivity contribution is 7.82. The van der Waals surface area contributed by atoms with Crippen molar-refractivity contribution >= 4 is 28.8 Å². The lowest BCUT2D eigenvalue weighted by Crippen LogP contribution is -2.51. The van der Waals surface area contributed by atoms with Crippen LogP contribution in [0.25, 0.3) is 0 Å². The van der Waals surface area contributed by atoms with Crippen LogP contribution in [-0.4, -0.2) is 39.2 Å². The van der Waals surface area contributed by atoms with E-state index in [4.69, 9.17) is 17.3 Å². The summed E-state index contributed by atoms with van der Waals surface area (Å²) in [6.07, 6.45) is 0.673. The molecule has 0 aromatic carbocycles. The Balaban J connectivity index is 3.08. The molecule has 1 atom stereocenters. The van der Waals surface area contributed by atoms with Crippen LogP contribution in [0.15, 0.2) is 5.10 Å². The second-order valence-electron chi connectivity index (χ2n) is 3.13. The van der Waals surface area contributed by atoms with E-state index in [0.29, 0.717) is 17.0 Å². The normalized spacial score (nSPS) is 27.8. The summed E-state index contributed by atoms with van der Waals surface area (Å²) in [5.41, 5.74) is -0.442. The van der Waals surface area contributed by atoms with Gasteiger partial charge in [0.05, 0.1) is 10.6 Å². The summed E-state index contributed by atoms with van der Waals surface area (Å²) in [5, 5.41) is 14.5. The Hall–Kier alpha value is -0.970. The number of hydrazone groups is 1. The van der Waals surface area contributed by atoms with Gasteiger partial charge in [-0.2, -0.15) is 5.10 Å². The van der Waals surface area contributed by atoms with Gasteiger partial charge in [-0.05, 0) is 13.3 Å². The monoisotopic (exact) mass is 200 g/mol. The molecule has 1 aliphatic heterocycles. The van der Waals surface area contributed by atoms with E-state index in [-0.39, 0.29) is 0 Å². The topological polar surface area (TPSA) is 52.9 Å². The van der Waals surface area contributed by atoms with Gasteiger partial charge in [-0.15, -0.1) is 0 Å². The van der Waals surface area contributed by atoms with Crippen molar-refractivity contribution in [2.75, 3.05) is 7.05 Å². The first kappa shape index (κ1) is 10.1. The van der Waals surface area contributed by atoms with Gasteiger partial charge in [0, 0.05) is 7.05 Å². The van der Waals surface area contributed by atoms with Crippen molar-refractivity contribution in [1.82, 2.24) is 5.01 Å². The largest absolute Gasteiger partial charge is 0.479 e. The predicted octanol–water partition coefficient (Wildman–Crippen LogP) is 0.911. The van der Waals surface area contributed by atoms with Gasteiger partial charge in [0.25, 0.3) is 0 Å². The fourth-order valence-electron chi connectivity index (χ4n) is 1.22. The van der Waals surface area contributed by atoms with Gasteiger partial charge >= 0.3 is 5.97 Å². The molecule has 0 saturated heterocycles. The van der Waals surface area contributed by atoms with Crippen LogP contribution in [0.4, 0.5) is 0 Å². The van der Waals surface area contributed by atoms with Gasteiger partial charge in [-0.25, -0.2) is 4.79 Å². The zero-order chi connectivity index (χ0) is 10.2. The average molecular weight is 200 g/mol. The first-order valence-corrected chi connectivity index (χ1v) is 4.45. The van der Waals surface area contributed by atoms with Crippen LogP contribution < -0.4 is 0 Å². The third-order valence-corrected chi connectivity index (χ3v) is 3.01. The first-order valence-electron chi connectivity index (χ1n) is 4.04. The lowest BCUT2D eigenvalue weighted by Gasteiger charge is -2.26. The van der Waals surface area contributed by atoms with E-state index in [1.165, 1.54) is 5.01 Å². The van der Waals surface area contributed by atoms with Crippen LogP contribution in [0.5, 0.6) is 0 Å². The molecule has 0 amide bonds. The van der Waals surface area contributed by atoms with E-state index >= 15 is 0 Å². The van der Waals surface area contributed by atoms with Gasteiger partial charge in [0.2, 0.25) is 0 Å². The Kier molecular flexibility index (Phi) is 2.38. The van der Waals surface area contributed by atoms with Gasteiger partial charge in [-0.1, -0.05) is 19.1 Å². The predicted molar refractivity (Wildman–Crippen MR) is 54.1 cm³/mol. The molecule has 72 valence electrons. The molecule has 0 saturated carbocycles. The fraction of sp³-hybridized carbons (Fsp3) is 0.625. The van der Waals surface area contributed by atoms with Crippen LogP contribution in [0.1, 0.15) is 20.3 Å². The van der Waals surface area contributed by atoms with Crippen LogP contribution in [0.2, 0.25) is 0 Å². The highest BCUT2D eigenvalue weighted by Gasteiger charge is 2.47. The SMILES string of the molecule is CCC1=NN(C)C(C)(C(=O)O)C1=S. The van der Waals surface area contributed by atoms with Crippen molar-refractivity contribution in [2.45, 2.75) is 25.8 Å². The van der Waals surface area contributed by atoms with E-state index in [0.717, 1.165) is 0 Å². The maximum atomic E-state index is 11.0. The molecular weight excluding hydrogens is 188 g/mol. The van der Waals surface area contributed by atoms with E-state index in [2.05, 4.69) is 5.10 Å². The molecule has 13 heavy (non-hydrogen) atoms. The van der Waals surface area contributed by atoms with Crippen LogP contribution >= 0.6 is 12.2 Å². The van der Waals surface area contributed by atoms with Crippen molar-refractivity contribution in [3.05, 3.63) is 0 Å². The van der Waals surface area contributed by atoms with E-state index in [9.17, 15) is 4.79 Å². The van der Waals surface area contributed by atoms with Crippen LogP contribution in [0.3, 0.4) is 0 Å². The van der Waals surface area contributed by atoms with E-state index in [1.54, 1.807) is 14.0 Å². The first-order chi connectivity index (χ1) is 5.94. The van der Waals surface area contributed by atoms with Crippen molar-refractivity contribution in [2.24, 2.45) is 5.10 Å². The van der Waals surface area contributed by atoms with E-state index in [1.807, 2.05) is 6.92 Å². The van der Waals surface area contributed by atoms with Gasteiger partial charge in [0.15, 0.2) is 5.54 Å². The zero-order valence-corrected chi connectivity index (χ0v) is 8.68. The Morgan fingerprint density at radius 1 is 1.77 bits per heavy atom. The minimum absolute atomic E-state index is 0.421. The summed E-state index contributed by atoms with van der Waals surface area (Å²) in [4.78, 5) is 11.4. The van der Waals surface area contributed by atoms with Crippen molar-refractivity contribution in [3.8, 4) is 0 Å². The maximum absolute atomic E-state index is 11.0. The minimum atomic E-state index is -1.14.